The van der Waals surface area contributed by atoms with Gasteiger partial charge < -0.3 is 4.74 Å². The second-order valence-electron chi connectivity index (χ2n) is 6.14. The number of hydrogen-bond donors (Lipinski definition) is 1. The second-order valence-corrected chi connectivity index (χ2v) is 7.32. The SMILES string of the molecule is O=C1NC(=O)C(Cc2ccc(OCC3Cc4ccccc43)cc2)S1. The molecule has 2 unspecified atom stereocenters. The summed E-state index contributed by atoms with van der Waals surface area (Å²) in [6.45, 7) is 0.686. The van der Waals surface area contributed by atoms with E-state index in [1.54, 1.807) is 0 Å². The number of rotatable bonds is 5. The molecule has 2 aliphatic rings. The molecule has 1 saturated heterocycles. The average molecular weight is 339 g/mol. The molecule has 0 spiro atoms. The van der Waals surface area contributed by atoms with E-state index in [0.29, 0.717) is 18.9 Å². The molecule has 122 valence electrons. The predicted molar refractivity (Wildman–Crippen MR) is 93.4 cm³/mol. The van der Waals surface area contributed by atoms with Crippen LogP contribution in [0.2, 0.25) is 0 Å². The van der Waals surface area contributed by atoms with Crippen LogP contribution in [0, 0.1) is 0 Å². The van der Waals surface area contributed by atoms with Crippen LogP contribution in [0.4, 0.5) is 4.79 Å². The normalized spacial score (nSPS) is 21.8. The predicted octanol–water partition coefficient (Wildman–Crippen LogP) is 3.30. The van der Waals surface area contributed by atoms with Crippen LogP contribution in [0.25, 0.3) is 0 Å². The van der Waals surface area contributed by atoms with Crippen molar-refractivity contribution in [3.8, 4) is 5.75 Å². The van der Waals surface area contributed by atoms with Crippen molar-refractivity contribution in [3.05, 3.63) is 65.2 Å². The highest BCUT2D eigenvalue weighted by Gasteiger charge is 2.31. The Bertz CT molecular complexity index is 787. The van der Waals surface area contributed by atoms with E-state index in [0.717, 1.165) is 29.5 Å². The van der Waals surface area contributed by atoms with Gasteiger partial charge in [0.1, 0.15) is 5.75 Å². The molecule has 1 aliphatic heterocycles. The number of fused-ring (bicyclic) bond motifs is 1. The van der Waals surface area contributed by atoms with Gasteiger partial charge in [-0.15, -0.1) is 0 Å². The number of amides is 2. The van der Waals surface area contributed by atoms with Gasteiger partial charge in [0.05, 0.1) is 11.9 Å². The van der Waals surface area contributed by atoms with Crippen molar-refractivity contribution in [2.75, 3.05) is 6.61 Å². The number of hydrogen-bond acceptors (Lipinski definition) is 4. The van der Waals surface area contributed by atoms with Crippen LogP contribution >= 0.6 is 11.8 Å². The first-order valence-electron chi connectivity index (χ1n) is 8.00. The molecule has 4 rings (SSSR count). The van der Waals surface area contributed by atoms with Gasteiger partial charge in [0, 0.05) is 5.92 Å². The third-order valence-corrected chi connectivity index (χ3v) is 5.51. The van der Waals surface area contributed by atoms with E-state index in [1.807, 2.05) is 24.3 Å². The second kappa shape index (κ2) is 6.32. The Morgan fingerprint density at radius 2 is 1.88 bits per heavy atom. The summed E-state index contributed by atoms with van der Waals surface area (Å²) in [5.41, 5.74) is 3.84. The largest absolute Gasteiger partial charge is 0.493 e. The zero-order valence-corrected chi connectivity index (χ0v) is 13.8. The first kappa shape index (κ1) is 15.3. The van der Waals surface area contributed by atoms with Crippen LogP contribution in [-0.2, 0) is 17.6 Å². The minimum Gasteiger partial charge on any atom is -0.493 e. The number of carbonyl (C=O) groups is 2. The molecule has 0 radical (unpaired) electrons. The van der Waals surface area contributed by atoms with E-state index in [9.17, 15) is 9.59 Å². The summed E-state index contributed by atoms with van der Waals surface area (Å²) >= 11 is 1.06. The zero-order chi connectivity index (χ0) is 16.5. The molecule has 1 aliphatic carbocycles. The van der Waals surface area contributed by atoms with Crippen molar-refractivity contribution >= 4 is 22.9 Å². The van der Waals surface area contributed by atoms with Crippen LogP contribution in [0.5, 0.6) is 5.75 Å². The summed E-state index contributed by atoms with van der Waals surface area (Å²) in [4.78, 5) is 22.8. The van der Waals surface area contributed by atoms with Crippen molar-refractivity contribution in [2.24, 2.45) is 0 Å². The molecule has 1 heterocycles. The molecule has 0 bridgehead atoms. The molecular formula is C19H17NO3S. The molecular weight excluding hydrogens is 322 g/mol. The lowest BCUT2D eigenvalue weighted by molar-refractivity contribution is -0.118. The molecule has 0 saturated carbocycles. The topological polar surface area (TPSA) is 55.4 Å². The standard InChI is InChI=1S/C19H17NO3S/c21-18-17(24-19(22)20-18)9-12-5-7-15(8-6-12)23-11-14-10-13-3-1-2-4-16(13)14/h1-8,14,17H,9-11H2,(H,20,21,22). The van der Waals surface area contributed by atoms with Gasteiger partial charge in [-0.05, 0) is 41.7 Å². The number of ether oxygens (including phenoxy) is 1. The third-order valence-electron chi connectivity index (χ3n) is 4.52. The van der Waals surface area contributed by atoms with Crippen LogP contribution in [0.1, 0.15) is 22.6 Å². The summed E-state index contributed by atoms with van der Waals surface area (Å²) in [7, 11) is 0. The monoisotopic (exact) mass is 339 g/mol. The van der Waals surface area contributed by atoms with E-state index in [1.165, 1.54) is 11.1 Å². The number of thioether (sulfide) groups is 1. The lowest BCUT2D eigenvalue weighted by Gasteiger charge is -2.29. The highest BCUT2D eigenvalue weighted by Crippen LogP contribution is 2.35. The first-order valence-corrected chi connectivity index (χ1v) is 8.88. The summed E-state index contributed by atoms with van der Waals surface area (Å²) in [6, 6.07) is 16.3. The van der Waals surface area contributed by atoms with E-state index in [4.69, 9.17) is 4.74 Å². The molecule has 2 atom stereocenters. The quantitative estimate of drug-likeness (QED) is 0.908. The number of nitrogens with one attached hydrogen (secondary N) is 1. The fraction of sp³-hybridized carbons (Fsp3) is 0.263. The van der Waals surface area contributed by atoms with Gasteiger partial charge in [0.2, 0.25) is 5.91 Å². The van der Waals surface area contributed by atoms with Gasteiger partial charge in [-0.1, -0.05) is 48.2 Å². The van der Waals surface area contributed by atoms with Gasteiger partial charge in [-0.25, -0.2) is 0 Å². The Labute approximate surface area is 144 Å². The fourth-order valence-corrected chi connectivity index (χ4v) is 4.03. The lowest BCUT2D eigenvalue weighted by Crippen LogP contribution is -2.25. The van der Waals surface area contributed by atoms with E-state index in [2.05, 4.69) is 29.6 Å². The number of benzene rings is 2. The van der Waals surface area contributed by atoms with E-state index < -0.39 is 0 Å². The molecule has 1 fully saturated rings. The van der Waals surface area contributed by atoms with Crippen LogP contribution < -0.4 is 10.1 Å². The maximum atomic E-state index is 11.6. The van der Waals surface area contributed by atoms with E-state index in [-0.39, 0.29) is 16.4 Å². The van der Waals surface area contributed by atoms with Crippen molar-refractivity contribution in [1.82, 2.24) is 5.32 Å². The lowest BCUT2D eigenvalue weighted by atomic mass is 9.78. The summed E-state index contributed by atoms with van der Waals surface area (Å²) in [5.74, 6) is 1.11. The Morgan fingerprint density at radius 1 is 1.08 bits per heavy atom. The molecule has 4 nitrogen and oxygen atoms in total. The molecule has 2 amide bonds. The highest BCUT2D eigenvalue weighted by atomic mass is 32.2. The Morgan fingerprint density at radius 3 is 2.58 bits per heavy atom. The van der Waals surface area contributed by atoms with Crippen LogP contribution in [-0.4, -0.2) is 23.0 Å². The van der Waals surface area contributed by atoms with Crippen molar-refractivity contribution in [1.29, 1.82) is 0 Å². The van der Waals surface area contributed by atoms with Crippen LogP contribution in [0.3, 0.4) is 0 Å². The number of carbonyl (C=O) groups excluding carboxylic acids is 2. The van der Waals surface area contributed by atoms with E-state index >= 15 is 0 Å². The molecule has 5 heteroatoms. The third kappa shape index (κ3) is 3.04. The fourth-order valence-electron chi connectivity index (χ4n) is 3.17. The summed E-state index contributed by atoms with van der Waals surface area (Å²) < 4.78 is 5.89. The van der Waals surface area contributed by atoms with Crippen molar-refractivity contribution in [3.63, 3.8) is 0 Å². The average Bonchev–Trinajstić information content (AvgIpc) is 2.87. The van der Waals surface area contributed by atoms with Gasteiger partial charge in [0.15, 0.2) is 0 Å². The maximum Gasteiger partial charge on any atom is 0.286 e. The van der Waals surface area contributed by atoms with Gasteiger partial charge >= 0.3 is 0 Å². The number of imide groups is 1. The minimum absolute atomic E-state index is 0.200. The molecule has 2 aromatic rings. The zero-order valence-electron chi connectivity index (χ0n) is 13.0. The smallest absolute Gasteiger partial charge is 0.286 e. The molecule has 2 aromatic carbocycles. The molecule has 1 N–H and O–H groups in total. The maximum absolute atomic E-state index is 11.6. The van der Waals surface area contributed by atoms with Crippen molar-refractivity contribution < 1.29 is 14.3 Å². The summed E-state index contributed by atoms with van der Waals surface area (Å²) in [5, 5.41) is 1.73. The highest BCUT2D eigenvalue weighted by molar-refractivity contribution is 8.15. The van der Waals surface area contributed by atoms with Gasteiger partial charge in [-0.3, -0.25) is 14.9 Å². The summed E-state index contributed by atoms with van der Waals surface area (Å²) in [6.07, 6.45) is 1.63. The van der Waals surface area contributed by atoms with Crippen LogP contribution in [0.15, 0.2) is 48.5 Å². The van der Waals surface area contributed by atoms with Gasteiger partial charge in [0.25, 0.3) is 5.24 Å². The first-order chi connectivity index (χ1) is 11.7. The van der Waals surface area contributed by atoms with Gasteiger partial charge in [-0.2, -0.15) is 0 Å². The Balaban J connectivity index is 1.32. The Kier molecular flexibility index (Phi) is 4.02. The molecule has 24 heavy (non-hydrogen) atoms. The van der Waals surface area contributed by atoms with Crippen molar-refractivity contribution in [2.45, 2.75) is 24.0 Å². The minimum atomic E-state index is -0.323. The Hall–Kier alpha value is -2.27. The molecule has 0 aromatic heterocycles.